The lowest BCUT2D eigenvalue weighted by molar-refractivity contribution is 0.0857. The zero-order chi connectivity index (χ0) is 13.8. The summed E-state index contributed by atoms with van der Waals surface area (Å²) < 4.78 is 14.4. The summed E-state index contributed by atoms with van der Waals surface area (Å²) in [5.41, 5.74) is 8.43. The molecule has 1 aromatic carbocycles. The number of hydrogen-bond donors (Lipinski definition) is 3. The smallest absolute Gasteiger partial charge is 0.131 e. The molecule has 0 bridgehead atoms. The zero-order valence-corrected chi connectivity index (χ0v) is 11.5. The van der Waals surface area contributed by atoms with Crippen LogP contribution in [-0.4, -0.2) is 17.3 Å². The van der Waals surface area contributed by atoms with Crippen LogP contribution in [0, 0.1) is 12.7 Å². The van der Waals surface area contributed by atoms with Crippen LogP contribution < -0.4 is 16.0 Å². The number of rotatable bonds is 3. The lowest BCUT2D eigenvalue weighted by Crippen LogP contribution is -2.45. The van der Waals surface area contributed by atoms with Crippen molar-refractivity contribution in [2.75, 3.05) is 17.0 Å². The monoisotopic (exact) mass is 265 g/mol. The van der Waals surface area contributed by atoms with E-state index < -0.39 is 5.60 Å². The van der Waals surface area contributed by atoms with Gasteiger partial charge in [0.05, 0.1) is 23.5 Å². The van der Waals surface area contributed by atoms with Crippen LogP contribution in [0.25, 0.3) is 0 Å². The first-order valence-electron chi connectivity index (χ1n) is 6.71. The second-order valence-corrected chi connectivity index (χ2v) is 6.23. The van der Waals surface area contributed by atoms with E-state index >= 15 is 0 Å². The molecule has 0 radical (unpaired) electrons. The molecule has 2 aliphatic rings. The summed E-state index contributed by atoms with van der Waals surface area (Å²) in [6.07, 6.45) is 2.09. The third kappa shape index (κ3) is 2.28. The Morgan fingerprint density at radius 2 is 2.16 bits per heavy atom. The molecule has 3 N–H and O–H groups in total. The highest BCUT2D eigenvalue weighted by Crippen LogP contribution is 2.49. The summed E-state index contributed by atoms with van der Waals surface area (Å²) in [6.45, 7) is 5.68. The van der Waals surface area contributed by atoms with Crippen molar-refractivity contribution in [2.24, 2.45) is 0 Å². The summed E-state index contributed by atoms with van der Waals surface area (Å²) in [6, 6.07) is 1.81. The van der Waals surface area contributed by atoms with Gasteiger partial charge in [0.25, 0.3) is 0 Å². The van der Waals surface area contributed by atoms with Gasteiger partial charge in [0.2, 0.25) is 0 Å². The number of hydrazine groups is 2. The second kappa shape index (κ2) is 4.08. The Balaban J connectivity index is 2.05. The molecule has 1 heterocycles. The van der Waals surface area contributed by atoms with Crippen molar-refractivity contribution in [1.82, 2.24) is 5.53 Å². The molecule has 3 rings (SSSR count). The van der Waals surface area contributed by atoms with Crippen LogP contribution in [-0.2, 0) is 0 Å². The molecule has 1 saturated carbocycles. The van der Waals surface area contributed by atoms with E-state index in [2.05, 4.69) is 11.0 Å². The van der Waals surface area contributed by atoms with Gasteiger partial charge in [-0.2, -0.15) is 0 Å². The molecule has 1 aliphatic carbocycles. The van der Waals surface area contributed by atoms with Gasteiger partial charge in [-0.1, -0.05) is 0 Å². The molecule has 1 fully saturated rings. The third-order valence-corrected chi connectivity index (χ3v) is 3.58. The topological polar surface area (TPSA) is 47.5 Å². The van der Waals surface area contributed by atoms with E-state index in [1.54, 1.807) is 20.8 Å². The molecule has 0 unspecified atom stereocenters. The molecule has 19 heavy (non-hydrogen) atoms. The molecule has 1 aromatic rings. The minimum atomic E-state index is -0.849. The van der Waals surface area contributed by atoms with Gasteiger partial charge in [-0.3, -0.25) is 5.01 Å². The summed E-state index contributed by atoms with van der Waals surface area (Å²) in [5, 5.41) is 11.8. The fourth-order valence-electron chi connectivity index (χ4n) is 2.63. The molecule has 0 amide bonds. The van der Waals surface area contributed by atoms with Crippen molar-refractivity contribution in [3.05, 3.63) is 23.0 Å². The quantitative estimate of drug-likeness (QED) is 0.785. The Bertz CT molecular complexity index is 520. The number of benzene rings is 1. The molecule has 5 heteroatoms. The standard InChI is InChI=1S/C14H20FN3O/c1-8-6-10-13(11(12(8)15)9-4-5-9)18(17-16-10)7-14(2,3)19/h6,9,16-17,19H,4-5,7H2,1-3H3. The van der Waals surface area contributed by atoms with E-state index in [4.69, 9.17) is 0 Å². The van der Waals surface area contributed by atoms with E-state index in [1.807, 2.05) is 11.1 Å². The number of nitrogens with one attached hydrogen (secondary N) is 2. The number of halogens is 1. The van der Waals surface area contributed by atoms with Crippen molar-refractivity contribution >= 4 is 11.4 Å². The van der Waals surface area contributed by atoms with Gasteiger partial charge in [-0.15, -0.1) is 5.53 Å². The maximum Gasteiger partial charge on any atom is 0.131 e. The number of aryl methyl sites for hydroxylation is 1. The Morgan fingerprint density at radius 3 is 2.74 bits per heavy atom. The number of fused-ring (bicyclic) bond motifs is 1. The van der Waals surface area contributed by atoms with Crippen LogP contribution >= 0.6 is 0 Å². The van der Waals surface area contributed by atoms with Crippen LogP contribution in [0.1, 0.15) is 43.7 Å². The highest BCUT2D eigenvalue weighted by Gasteiger charge is 2.36. The Hall–Kier alpha value is -1.33. The Labute approximate surface area is 112 Å². The predicted molar refractivity (Wildman–Crippen MR) is 73.5 cm³/mol. The number of anilines is 2. The average molecular weight is 265 g/mol. The van der Waals surface area contributed by atoms with Gasteiger partial charge in [0.15, 0.2) is 0 Å². The van der Waals surface area contributed by atoms with Crippen molar-refractivity contribution < 1.29 is 9.50 Å². The number of β-amino-alcohol motifs (C(OH)–C–C–N with tert-alkyl or cyclic N) is 1. The largest absolute Gasteiger partial charge is 0.389 e. The SMILES string of the molecule is Cc1cc2c(c(C3CC3)c1F)N(CC(C)(C)O)NN2. The fraction of sp³-hybridized carbons (Fsp3) is 0.571. The maximum atomic E-state index is 14.4. The fourth-order valence-corrected chi connectivity index (χ4v) is 2.63. The minimum absolute atomic E-state index is 0.104. The average Bonchev–Trinajstić information content (AvgIpc) is 3.04. The first-order valence-corrected chi connectivity index (χ1v) is 6.71. The van der Waals surface area contributed by atoms with Crippen molar-refractivity contribution in [3.63, 3.8) is 0 Å². The number of nitrogens with zero attached hydrogens (tertiary/aromatic N) is 1. The molecule has 1 aliphatic heterocycles. The Morgan fingerprint density at radius 1 is 1.47 bits per heavy atom. The van der Waals surface area contributed by atoms with E-state index in [0.717, 1.165) is 29.8 Å². The molecule has 0 saturated heterocycles. The first kappa shape index (κ1) is 12.7. The number of hydrogen-bond acceptors (Lipinski definition) is 4. The number of aliphatic hydroxyl groups is 1. The van der Waals surface area contributed by atoms with Gasteiger partial charge in [-0.25, -0.2) is 4.39 Å². The summed E-state index contributed by atoms with van der Waals surface area (Å²) >= 11 is 0. The molecule has 104 valence electrons. The van der Waals surface area contributed by atoms with E-state index in [1.165, 1.54) is 0 Å². The normalized spacial score (nSPS) is 18.5. The molecule has 0 aromatic heterocycles. The minimum Gasteiger partial charge on any atom is -0.389 e. The van der Waals surface area contributed by atoms with Crippen LogP contribution in [0.4, 0.5) is 15.8 Å². The van der Waals surface area contributed by atoms with Gasteiger partial charge in [0, 0.05) is 5.56 Å². The van der Waals surface area contributed by atoms with E-state index in [0.29, 0.717) is 18.0 Å². The molecule has 0 spiro atoms. The van der Waals surface area contributed by atoms with Crippen molar-refractivity contribution in [3.8, 4) is 0 Å². The van der Waals surface area contributed by atoms with Crippen LogP contribution in [0.2, 0.25) is 0 Å². The first-order chi connectivity index (χ1) is 8.87. The zero-order valence-electron chi connectivity index (χ0n) is 11.5. The molecular weight excluding hydrogens is 245 g/mol. The highest BCUT2D eigenvalue weighted by atomic mass is 19.1. The van der Waals surface area contributed by atoms with Gasteiger partial charge in [-0.05, 0) is 51.2 Å². The highest BCUT2D eigenvalue weighted by molar-refractivity contribution is 5.79. The molecule has 4 nitrogen and oxygen atoms in total. The third-order valence-electron chi connectivity index (χ3n) is 3.58. The summed E-state index contributed by atoms with van der Waals surface area (Å²) in [7, 11) is 0. The molecular formula is C14H20FN3O. The van der Waals surface area contributed by atoms with Crippen LogP contribution in [0.3, 0.4) is 0 Å². The van der Waals surface area contributed by atoms with E-state index in [-0.39, 0.29) is 5.82 Å². The van der Waals surface area contributed by atoms with Gasteiger partial charge in [0.1, 0.15) is 5.82 Å². The van der Waals surface area contributed by atoms with Gasteiger partial charge >= 0.3 is 0 Å². The van der Waals surface area contributed by atoms with Crippen LogP contribution in [0.5, 0.6) is 0 Å². The van der Waals surface area contributed by atoms with Crippen molar-refractivity contribution in [1.29, 1.82) is 0 Å². The summed E-state index contributed by atoms with van der Waals surface area (Å²) in [5.74, 6) is 0.215. The summed E-state index contributed by atoms with van der Waals surface area (Å²) in [4.78, 5) is 0. The lowest BCUT2D eigenvalue weighted by Gasteiger charge is -2.27. The predicted octanol–water partition coefficient (Wildman–Crippen LogP) is 2.43. The molecule has 0 atom stereocenters. The van der Waals surface area contributed by atoms with E-state index in [9.17, 15) is 9.50 Å². The maximum absolute atomic E-state index is 14.4. The Kier molecular flexibility index (Phi) is 2.73. The lowest BCUT2D eigenvalue weighted by atomic mass is 10.0. The van der Waals surface area contributed by atoms with Crippen molar-refractivity contribution in [2.45, 2.75) is 45.1 Å². The second-order valence-electron chi connectivity index (χ2n) is 6.23. The van der Waals surface area contributed by atoms with Crippen LogP contribution in [0.15, 0.2) is 6.07 Å². The van der Waals surface area contributed by atoms with Gasteiger partial charge < -0.3 is 10.5 Å².